The summed E-state index contributed by atoms with van der Waals surface area (Å²) in [5, 5.41) is 3.46. The van der Waals surface area contributed by atoms with Gasteiger partial charge in [0, 0.05) is 31.2 Å². The lowest BCUT2D eigenvalue weighted by Gasteiger charge is -2.29. The van der Waals surface area contributed by atoms with Gasteiger partial charge >= 0.3 is 0 Å². The minimum atomic E-state index is -3.81. The van der Waals surface area contributed by atoms with Gasteiger partial charge in [0.05, 0.1) is 10.5 Å². The van der Waals surface area contributed by atoms with Crippen LogP contribution >= 0.6 is 12.4 Å². The molecule has 0 saturated carbocycles. The zero-order valence-corrected chi connectivity index (χ0v) is 16.6. The van der Waals surface area contributed by atoms with Crippen molar-refractivity contribution >= 4 is 28.3 Å². The minimum absolute atomic E-state index is 0. The molecular weight excluding hydrogens is 393 g/mol. The summed E-state index contributed by atoms with van der Waals surface area (Å²) in [6.07, 6.45) is 5.49. The second-order valence-electron chi connectivity index (χ2n) is 7.57. The highest BCUT2D eigenvalue weighted by atomic mass is 35.5. The summed E-state index contributed by atoms with van der Waals surface area (Å²) in [4.78, 5) is 13.8. The summed E-state index contributed by atoms with van der Waals surface area (Å²) in [5.74, 6) is -1.15. The summed E-state index contributed by atoms with van der Waals surface area (Å²) >= 11 is 0. The van der Waals surface area contributed by atoms with E-state index in [4.69, 9.17) is 0 Å². The number of nitrogens with zero attached hydrogens (tertiary/aromatic N) is 1. The molecule has 4 rings (SSSR count). The molecule has 0 aromatic heterocycles. The van der Waals surface area contributed by atoms with Gasteiger partial charge in [0.15, 0.2) is 0 Å². The first-order chi connectivity index (χ1) is 12.4. The average molecular weight is 418 g/mol. The van der Waals surface area contributed by atoms with Gasteiger partial charge in [-0.1, -0.05) is 0 Å². The van der Waals surface area contributed by atoms with Crippen LogP contribution in [0.1, 0.15) is 48.9 Å². The van der Waals surface area contributed by atoms with Gasteiger partial charge < -0.3 is 10.2 Å². The molecule has 6 nitrogen and oxygen atoms in total. The zero-order valence-electron chi connectivity index (χ0n) is 15.0. The number of carbonyl (C=O) groups excluding carboxylic acids is 1. The number of sulfonamides is 1. The third kappa shape index (κ3) is 4.29. The smallest absolute Gasteiger partial charge is 0.256 e. The van der Waals surface area contributed by atoms with Crippen LogP contribution in [0.2, 0.25) is 0 Å². The molecule has 1 aromatic carbocycles. The van der Waals surface area contributed by atoms with Crippen LogP contribution in [0.25, 0.3) is 0 Å². The van der Waals surface area contributed by atoms with Crippen molar-refractivity contribution in [3.05, 3.63) is 29.6 Å². The van der Waals surface area contributed by atoms with Crippen LogP contribution in [0.5, 0.6) is 0 Å². The molecule has 150 valence electrons. The Morgan fingerprint density at radius 3 is 2.37 bits per heavy atom. The highest BCUT2D eigenvalue weighted by molar-refractivity contribution is 7.89. The van der Waals surface area contributed by atoms with E-state index >= 15 is 0 Å². The molecule has 2 atom stereocenters. The summed E-state index contributed by atoms with van der Waals surface area (Å²) < 4.78 is 42.4. The zero-order chi connectivity index (χ0) is 18.3. The van der Waals surface area contributed by atoms with Crippen LogP contribution < -0.4 is 10.0 Å². The Kier molecular flexibility index (Phi) is 6.10. The minimum Gasteiger partial charge on any atom is -0.339 e. The standard InChI is InChI=1S/C18H24FN3O3S.ClH/c19-17-11-15(5-6-16(17)18(23)22-7-1-2-8-22)26(24,25)21-14-9-12-3-4-13(10-14)20-12;/h5-6,11-14,20-21H,1-4,7-10H2;1H. The van der Waals surface area contributed by atoms with E-state index in [-0.39, 0.29) is 34.8 Å². The monoisotopic (exact) mass is 417 g/mol. The van der Waals surface area contributed by atoms with Crippen molar-refractivity contribution in [2.45, 2.75) is 61.5 Å². The number of hydrogen-bond acceptors (Lipinski definition) is 4. The maximum Gasteiger partial charge on any atom is 0.256 e. The summed E-state index contributed by atoms with van der Waals surface area (Å²) in [6, 6.07) is 4.16. The van der Waals surface area contributed by atoms with Crippen molar-refractivity contribution in [3.63, 3.8) is 0 Å². The van der Waals surface area contributed by atoms with Crippen molar-refractivity contribution in [1.29, 1.82) is 0 Å². The fraction of sp³-hybridized carbons (Fsp3) is 0.611. The van der Waals surface area contributed by atoms with Crippen molar-refractivity contribution < 1.29 is 17.6 Å². The molecule has 2 N–H and O–H groups in total. The Hall–Kier alpha value is -1.22. The molecule has 0 spiro atoms. The Morgan fingerprint density at radius 2 is 1.78 bits per heavy atom. The Labute approximate surface area is 165 Å². The highest BCUT2D eigenvalue weighted by Gasteiger charge is 2.35. The Balaban J connectivity index is 0.00000210. The van der Waals surface area contributed by atoms with E-state index in [2.05, 4.69) is 10.0 Å². The van der Waals surface area contributed by atoms with Crippen LogP contribution in [0.4, 0.5) is 4.39 Å². The topological polar surface area (TPSA) is 78.5 Å². The number of likely N-dealkylation sites (tertiary alicyclic amines) is 1. The molecule has 1 aromatic rings. The van der Waals surface area contributed by atoms with E-state index in [1.807, 2.05) is 0 Å². The van der Waals surface area contributed by atoms with Gasteiger partial charge in [-0.25, -0.2) is 17.5 Å². The lowest BCUT2D eigenvalue weighted by atomic mass is 10.0. The van der Waals surface area contributed by atoms with Crippen LogP contribution in [0.15, 0.2) is 23.1 Å². The Morgan fingerprint density at radius 1 is 1.15 bits per heavy atom. The van der Waals surface area contributed by atoms with Gasteiger partial charge in [0.25, 0.3) is 5.91 Å². The third-order valence-electron chi connectivity index (χ3n) is 5.67. The molecule has 9 heteroatoms. The summed E-state index contributed by atoms with van der Waals surface area (Å²) in [6.45, 7) is 1.25. The van der Waals surface area contributed by atoms with E-state index in [1.165, 1.54) is 12.1 Å². The molecule has 3 saturated heterocycles. The van der Waals surface area contributed by atoms with Gasteiger partial charge in [0.2, 0.25) is 10.0 Å². The fourth-order valence-electron chi connectivity index (χ4n) is 4.37. The van der Waals surface area contributed by atoms with Crippen LogP contribution in [-0.2, 0) is 10.0 Å². The number of amides is 1. The van der Waals surface area contributed by atoms with Crippen LogP contribution in [0.3, 0.4) is 0 Å². The van der Waals surface area contributed by atoms with Crippen molar-refractivity contribution in [1.82, 2.24) is 14.9 Å². The molecule has 3 aliphatic rings. The maximum absolute atomic E-state index is 14.4. The van der Waals surface area contributed by atoms with Gasteiger partial charge in [-0.2, -0.15) is 0 Å². The number of rotatable bonds is 4. The molecule has 3 heterocycles. The molecular formula is C18H25ClFN3O3S. The van der Waals surface area contributed by atoms with Crippen molar-refractivity contribution in [3.8, 4) is 0 Å². The number of halogens is 2. The third-order valence-corrected chi connectivity index (χ3v) is 7.19. The number of carbonyl (C=O) groups is 1. The normalized spacial score (nSPS) is 27.4. The molecule has 1 amide bonds. The molecule has 2 unspecified atom stereocenters. The number of piperidine rings is 1. The molecule has 3 fully saturated rings. The van der Waals surface area contributed by atoms with E-state index in [1.54, 1.807) is 4.90 Å². The van der Waals surface area contributed by atoms with Gasteiger partial charge in [-0.15, -0.1) is 12.4 Å². The quantitative estimate of drug-likeness (QED) is 0.785. The van der Waals surface area contributed by atoms with Crippen LogP contribution in [-0.4, -0.2) is 50.4 Å². The second kappa shape index (κ2) is 8.03. The SMILES string of the molecule is Cl.O=C(c1ccc(S(=O)(=O)NC2CC3CCC(C2)N3)cc1F)N1CCCC1. The van der Waals surface area contributed by atoms with Crippen LogP contribution in [0, 0.1) is 5.82 Å². The second-order valence-corrected chi connectivity index (χ2v) is 9.28. The lowest BCUT2D eigenvalue weighted by molar-refractivity contribution is 0.0788. The number of benzene rings is 1. The van der Waals surface area contributed by atoms with Gasteiger partial charge in [-0.3, -0.25) is 4.79 Å². The number of hydrogen-bond donors (Lipinski definition) is 2. The van der Waals surface area contributed by atoms with E-state index in [9.17, 15) is 17.6 Å². The first-order valence-electron chi connectivity index (χ1n) is 9.29. The largest absolute Gasteiger partial charge is 0.339 e. The highest BCUT2D eigenvalue weighted by Crippen LogP contribution is 2.28. The predicted octanol–water partition coefficient (Wildman–Crippen LogP) is 2.04. The van der Waals surface area contributed by atoms with E-state index in [0.717, 1.165) is 44.6 Å². The number of fused-ring (bicyclic) bond motifs is 2. The molecule has 2 bridgehead atoms. The predicted molar refractivity (Wildman–Crippen MR) is 102 cm³/mol. The first-order valence-corrected chi connectivity index (χ1v) is 10.8. The molecule has 0 aliphatic carbocycles. The molecule has 27 heavy (non-hydrogen) atoms. The Bertz CT molecular complexity index is 802. The van der Waals surface area contributed by atoms with E-state index < -0.39 is 15.8 Å². The fourth-order valence-corrected chi connectivity index (χ4v) is 5.64. The summed E-state index contributed by atoms with van der Waals surface area (Å²) in [5.41, 5.74) is -0.0641. The first kappa shape index (κ1) is 20.5. The maximum atomic E-state index is 14.4. The van der Waals surface area contributed by atoms with E-state index in [0.29, 0.717) is 25.2 Å². The van der Waals surface area contributed by atoms with Crippen molar-refractivity contribution in [2.75, 3.05) is 13.1 Å². The molecule has 3 aliphatic heterocycles. The summed E-state index contributed by atoms with van der Waals surface area (Å²) in [7, 11) is -3.81. The lowest BCUT2D eigenvalue weighted by Crippen LogP contribution is -2.47. The number of nitrogens with one attached hydrogen (secondary N) is 2. The average Bonchev–Trinajstić information content (AvgIpc) is 3.24. The molecule has 0 radical (unpaired) electrons. The van der Waals surface area contributed by atoms with Gasteiger partial charge in [0.1, 0.15) is 5.82 Å². The van der Waals surface area contributed by atoms with Gasteiger partial charge in [-0.05, 0) is 56.7 Å². The van der Waals surface area contributed by atoms with Crippen molar-refractivity contribution in [2.24, 2.45) is 0 Å².